The largest absolute Gasteiger partial charge is 0.342 e. The van der Waals surface area contributed by atoms with Crippen molar-refractivity contribution in [3.8, 4) is 0 Å². The topological polar surface area (TPSA) is 71.3 Å². The minimum Gasteiger partial charge on any atom is -0.342 e. The first-order valence-corrected chi connectivity index (χ1v) is 7.91. The fraction of sp³-hybridized carbons (Fsp3) is 0.800. The molecule has 6 nitrogen and oxygen atoms in total. The quantitative estimate of drug-likeness (QED) is 0.865. The van der Waals surface area contributed by atoms with Crippen molar-refractivity contribution in [3.63, 3.8) is 0 Å². The summed E-state index contributed by atoms with van der Waals surface area (Å²) in [6.45, 7) is 5.68. The Morgan fingerprint density at radius 2 is 2.38 bits per heavy atom. The van der Waals surface area contributed by atoms with Crippen LogP contribution < -0.4 is 5.32 Å². The van der Waals surface area contributed by atoms with Crippen molar-refractivity contribution >= 4 is 5.91 Å². The molecule has 2 atom stereocenters. The molecule has 6 heteroatoms. The van der Waals surface area contributed by atoms with Crippen LogP contribution in [0.25, 0.3) is 0 Å². The van der Waals surface area contributed by atoms with E-state index >= 15 is 0 Å². The summed E-state index contributed by atoms with van der Waals surface area (Å²) in [5, 5.41) is 7.22. The van der Waals surface area contributed by atoms with Crippen molar-refractivity contribution < 1.29 is 9.32 Å². The van der Waals surface area contributed by atoms with Crippen LogP contribution in [0.15, 0.2) is 4.52 Å². The van der Waals surface area contributed by atoms with Gasteiger partial charge in [-0.2, -0.15) is 4.98 Å². The minimum absolute atomic E-state index is 0.186. The van der Waals surface area contributed by atoms with Gasteiger partial charge in [0.15, 0.2) is 5.82 Å². The number of nitrogens with one attached hydrogen (secondary N) is 1. The number of nitrogens with zero attached hydrogens (tertiary/aromatic N) is 3. The summed E-state index contributed by atoms with van der Waals surface area (Å²) in [7, 11) is 1.92. The predicted molar refractivity (Wildman–Crippen MR) is 80.0 cm³/mol. The molecule has 0 spiro atoms. The third kappa shape index (κ3) is 4.27. The van der Waals surface area contributed by atoms with Gasteiger partial charge in [0, 0.05) is 32.0 Å². The lowest BCUT2D eigenvalue weighted by Gasteiger charge is -2.31. The number of amides is 1. The number of likely N-dealkylation sites (N-methyl/N-ethyl adjacent to an activating group) is 1. The molecular weight excluding hydrogens is 268 g/mol. The molecule has 1 saturated heterocycles. The van der Waals surface area contributed by atoms with Gasteiger partial charge >= 0.3 is 0 Å². The van der Waals surface area contributed by atoms with Crippen LogP contribution in [-0.2, 0) is 11.2 Å². The van der Waals surface area contributed by atoms with Gasteiger partial charge in [0.2, 0.25) is 11.8 Å². The van der Waals surface area contributed by atoms with E-state index in [1.54, 1.807) is 0 Å². The molecule has 1 aromatic heterocycles. The van der Waals surface area contributed by atoms with Crippen LogP contribution in [0.5, 0.6) is 0 Å². The Hall–Kier alpha value is -1.43. The Bertz CT molecular complexity index is 460. The van der Waals surface area contributed by atoms with Crippen molar-refractivity contribution in [2.75, 3.05) is 20.1 Å². The van der Waals surface area contributed by atoms with Crippen LogP contribution in [0.3, 0.4) is 0 Å². The molecule has 2 heterocycles. The second-order valence-corrected chi connectivity index (χ2v) is 5.87. The van der Waals surface area contributed by atoms with Gasteiger partial charge in [-0.3, -0.25) is 4.79 Å². The van der Waals surface area contributed by atoms with Crippen LogP contribution in [0.1, 0.15) is 57.2 Å². The Kier molecular flexibility index (Phi) is 5.73. The fourth-order valence-corrected chi connectivity index (χ4v) is 2.67. The zero-order valence-electron chi connectivity index (χ0n) is 13.3. The van der Waals surface area contributed by atoms with Crippen LogP contribution in [0.2, 0.25) is 0 Å². The summed E-state index contributed by atoms with van der Waals surface area (Å²) < 4.78 is 5.41. The van der Waals surface area contributed by atoms with Gasteiger partial charge in [0.05, 0.1) is 5.92 Å². The Morgan fingerprint density at radius 3 is 3.10 bits per heavy atom. The van der Waals surface area contributed by atoms with E-state index < -0.39 is 0 Å². The molecule has 0 radical (unpaired) electrons. The van der Waals surface area contributed by atoms with Gasteiger partial charge in [0.1, 0.15) is 0 Å². The molecular formula is C15H26N4O2. The van der Waals surface area contributed by atoms with E-state index in [1.807, 2.05) is 18.9 Å². The number of hydrogen-bond acceptors (Lipinski definition) is 5. The van der Waals surface area contributed by atoms with Crippen molar-refractivity contribution in [2.45, 2.75) is 57.9 Å². The van der Waals surface area contributed by atoms with E-state index in [2.05, 4.69) is 22.4 Å². The van der Waals surface area contributed by atoms with Crippen LogP contribution >= 0.6 is 0 Å². The second-order valence-electron chi connectivity index (χ2n) is 5.87. The molecule has 1 aromatic rings. The van der Waals surface area contributed by atoms with Gasteiger partial charge in [0.25, 0.3) is 0 Å². The number of carbonyl (C=O) groups is 1. The normalized spacial score (nSPS) is 20.5. The highest BCUT2D eigenvalue weighted by atomic mass is 16.5. The monoisotopic (exact) mass is 294 g/mol. The Morgan fingerprint density at radius 1 is 1.57 bits per heavy atom. The zero-order chi connectivity index (χ0) is 15.2. The van der Waals surface area contributed by atoms with Gasteiger partial charge in [-0.25, -0.2) is 0 Å². The maximum atomic E-state index is 12.0. The lowest BCUT2D eigenvalue weighted by Crippen LogP contribution is -2.39. The molecule has 0 bridgehead atoms. The zero-order valence-corrected chi connectivity index (χ0v) is 13.3. The number of carbonyl (C=O) groups excluding carboxylic acids is 1. The van der Waals surface area contributed by atoms with Crippen molar-refractivity contribution in [3.05, 3.63) is 11.7 Å². The van der Waals surface area contributed by atoms with Crippen LogP contribution in [0, 0.1) is 0 Å². The summed E-state index contributed by atoms with van der Waals surface area (Å²) in [5.41, 5.74) is 0. The van der Waals surface area contributed by atoms with E-state index in [0.717, 1.165) is 38.1 Å². The Balaban J connectivity index is 1.96. The maximum Gasteiger partial charge on any atom is 0.231 e. The highest BCUT2D eigenvalue weighted by molar-refractivity contribution is 5.76. The third-order valence-electron chi connectivity index (χ3n) is 4.05. The molecule has 2 unspecified atom stereocenters. The van der Waals surface area contributed by atoms with E-state index in [-0.39, 0.29) is 11.8 Å². The first-order chi connectivity index (χ1) is 10.1. The van der Waals surface area contributed by atoms with Crippen molar-refractivity contribution in [1.29, 1.82) is 0 Å². The summed E-state index contributed by atoms with van der Waals surface area (Å²) in [5.74, 6) is 1.85. The number of hydrogen-bond donors (Lipinski definition) is 1. The van der Waals surface area contributed by atoms with Crippen LogP contribution in [0.4, 0.5) is 0 Å². The van der Waals surface area contributed by atoms with Gasteiger partial charge in [-0.15, -0.1) is 0 Å². The minimum atomic E-state index is 0.186. The molecule has 0 aliphatic carbocycles. The molecule has 1 N–H and O–H groups in total. The average molecular weight is 294 g/mol. The Labute approximate surface area is 126 Å². The first-order valence-electron chi connectivity index (χ1n) is 7.91. The smallest absolute Gasteiger partial charge is 0.231 e. The summed E-state index contributed by atoms with van der Waals surface area (Å²) in [4.78, 5) is 18.5. The predicted octanol–water partition coefficient (Wildman–Crippen LogP) is 1.73. The molecule has 0 aromatic carbocycles. The summed E-state index contributed by atoms with van der Waals surface area (Å²) >= 11 is 0. The lowest BCUT2D eigenvalue weighted by molar-refractivity contribution is -0.132. The van der Waals surface area contributed by atoms with Gasteiger partial charge in [-0.1, -0.05) is 12.1 Å². The molecule has 2 rings (SSSR count). The van der Waals surface area contributed by atoms with Gasteiger partial charge in [-0.05, 0) is 33.2 Å². The molecule has 1 aliphatic rings. The molecule has 21 heavy (non-hydrogen) atoms. The number of aromatic nitrogens is 2. The highest BCUT2D eigenvalue weighted by Crippen LogP contribution is 2.26. The first kappa shape index (κ1) is 15.9. The SMILES string of the molecule is CCCC(=O)N1CCCC(c2nc(CC(C)NC)no2)C1. The third-order valence-corrected chi connectivity index (χ3v) is 4.05. The van der Waals surface area contributed by atoms with E-state index in [1.165, 1.54) is 0 Å². The second kappa shape index (κ2) is 7.54. The van der Waals surface area contributed by atoms with Gasteiger partial charge < -0.3 is 14.7 Å². The number of rotatable bonds is 6. The number of piperidine rings is 1. The van der Waals surface area contributed by atoms with Crippen LogP contribution in [-0.4, -0.2) is 47.1 Å². The van der Waals surface area contributed by atoms with Crippen molar-refractivity contribution in [2.24, 2.45) is 0 Å². The molecule has 118 valence electrons. The molecule has 1 fully saturated rings. The summed E-state index contributed by atoms with van der Waals surface area (Å²) in [6.07, 6.45) is 4.29. The maximum absolute atomic E-state index is 12.0. The van der Waals surface area contributed by atoms with Crippen molar-refractivity contribution in [1.82, 2.24) is 20.4 Å². The highest BCUT2D eigenvalue weighted by Gasteiger charge is 2.28. The average Bonchev–Trinajstić information content (AvgIpc) is 2.96. The fourth-order valence-electron chi connectivity index (χ4n) is 2.67. The van der Waals surface area contributed by atoms with E-state index in [0.29, 0.717) is 24.9 Å². The number of likely N-dealkylation sites (tertiary alicyclic amines) is 1. The molecule has 1 aliphatic heterocycles. The molecule has 1 amide bonds. The molecule has 0 saturated carbocycles. The van der Waals surface area contributed by atoms with E-state index in [4.69, 9.17) is 4.52 Å². The standard InChI is InChI=1S/C15H26N4O2/c1-4-6-14(20)19-8-5-7-12(10-19)15-17-13(18-21-15)9-11(2)16-3/h11-12,16H,4-10H2,1-3H3. The van der Waals surface area contributed by atoms with E-state index in [9.17, 15) is 4.79 Å². The summed E-state index contributed by atoms with van der Waals surface area (Å²) in [6, 6.07) is 0.324. The lowest BCUT2D eigenvalue weighted by atomic mass is 9.97.